The minimum Gasteiger partial charge on any atom is -0.496 e. The van der Waals surface area contributed by atoms with Crippen molar-refractivity contribution >= 4 is 12.0 Å². The molecular formula is C12H14NO4. The van der Waals surface area contributed by atoms with E-state index in [1.807, 2.05) is 6.92 Å². The summed E-state index contributed by atoms with van der Waals surface area (Å²) < 4.78 is 9.69. The van der Waals surface area contributed by atoms with Crippen LogP contribution in [0.4, 0.5) is 4.79 Å². The molecule has 0 aliphatic carbocycles. The van der Waals surface area contributed by atoms with E-state index in [-0.39, 0.29) is 12.2 Å². The fourth-order valence-corrected chi connectivity index (χ4v) is 1.19. The lowest BCUT2D eigenvalue weighted by Gasteiger charge is -2.06. The third-order valence-corrected chi connectivity index (χ3v) is 1.96. The second-order valence-electron chi connectivity index (χ2n) is 3.23. The maximum Gasteiger partial charge on any atom is 0.437 e. The van der Waals surface area contributed by atoms with E-state index < -0.39 is 12.0 Å². The van der Waals surface area contributed by atoms with E-state index in [9.17, 15) is 9.59 Å². The average Bonchev–Trinajstić information content (AvgIpc) is 2.36. The van der Waals surface area contributed by atoms with E-state index in [2.05, 4.69) is 10.1 Å². The van der Waals surface area contributed by atoms with Crippen LogP contribution in [0.25, 0.3) is 0 Å². The lowest BCUT2D eigenvalue weighted by molar-refractivity contribution is 0.0911. The lowest BCUT2D eigenvalue weighted by Crippen LogP contribution is -2.24. The van der Waals surface area contributed by atoms with Crippen molar-refractivity contribution in [3.63, 3.8) is 0 Å². The van der Waals surface area contributed by atoms with Gasteiger partial charge in [0, 0.05) is 0 Å². The molecule has 17 heavy (non-hydrogen) atoms. The van der Waals surface area contributed by atoms with Crippen LogP contribution in [0.3, 0.4) is 0 Å². The van der Waals surface area contributed by atoms with Crippen molar-refractivity contribution in [1.29, 1.82) is 0 Å². The predicted molar refractivity (Wildman–Crippen MR) is 61.1 cm³/mol. The van der Waals surface area contributed by atoms with Gasteiger partial charge in [-0.25, -0.2) is 4.79 Å². The van der Waals surface area contributed by atoms with Gasteiger partial charge in [-0.3, -0.25) is 4.79 Å². The van der Waals surface area contributed by atoms with Gasteiger partial charge in [-0.1, -0.05) is 19.1 Å². The molecule has 0 aliphatic rings. The molecule has 1 rings (SSSR count). The van der Waals surface area contributed by atoms with Gasteiger partial charge in [-0.05, 0) is 18.6 Å². The summed E-state index contributed by atoms with van der Waals surface area (Å²) in [5.41, 5.74) is 0.239. The van der Waals surface area contributed by atoms with Crippen LogP contribution < -0.4 is 10.1 Å². The molecular weight excluding hydrogens is 222 g/mol. The van der Waals surface area contributed by atoms with Crippen molar-refractivity contribution < 1.29 is 19.1 Å². The highest BCUT2D eigenvalue weighted by Crippen LogP contribution is 2.17. The number of hydrogen-bond acceptors (Lipinski definition) is 4. The Bertz CT molecular complexity index is 403. The number of rotatable bonds is 4. The average molecular weight is 236 g/mol. The van der Waals surface area contributed by atoms with E-state index >= 15 is 0 Å². The molecule has 0 saturated heterocycles. The smallest absolute Gasteiger partial charge is 0.437 e. The molecule has 5 nitrogen and oxygen atoms in total. The lowest BCUT2D eigenvalue weighted by atomic mass is 10.2. The molecule has 91 valence electrons. The van der Waals surface area contributed by atoms with Gasteiger partial charge < -0.3 is 9.47 Å². The molecule has 0 saturated carbocycles. The number of imide groups is 1. The number of para-hydroxylation sites is 1. The van der Waals surface area contributed by atoms with Gasteiger partial charge in [0.25, 0.3) is 5.91 Å². The molecule has 0 aromatic heterocycles. The van der Waals surface area contributed by atoms with Gasteiger partial charge in [0.05, 0.1) is 19.3 Å². The Morgan fingerprint density at radius 3 is 2.65 bits per heavy atom. The first-order valence-electron chi connectivity index (χ1n) is 5.25. The van der Waals surface area contributed by atoms with Gasteiger partial charge in [0.2, 0.25) is 0 Å². The van der Waals surface area contributed by atoms with Gasteiger partial charge in [-0.15, -0.1) is 5.32 Å². The van der Waals surface area contributed by atoms with Crippen molar-refractivity contribution in [2.45, 2.75) is 13.3 Å². The summed E-state index contributed by atoms with van der Waals surface area (Å²) in [6, 6.07) is 6.56. The molecule has 0 atom stereocenters. The topological polar surface area (TPSA) is 66.7 Å². The molecule has 0 bridgehead atoms. The maximum absolute atomic E-state index is 11.7. The molecule has 1 radical (unpaired) electrons. The molecule has 0 heterocycles. The maximum atomic E-state index is 11.7. The molecule has 0 unspecified atom stereocenters. The predicted octanol–water partition coefficient (Wildman–Crippen LogP) is 1.99. The van der Waals surface area contributed by atoms with Crippen LogP contribution in [-0.4, -0.2) is 25.7 Å². The summed E-state index contributed by atoms with van der Waals surface area (Å²) in [4.78, 5) is 22.8. The monoisotopic (exact) mass is 236 g/mol. The standard InChI is InChI=1S/C12H14NO4/c1-3-8-17-12(15)13-11(14)9-6-4-5-7-10(9)16-2/h4-7H,3,8H2,1-2H3. The van der Waals surface area contributed by atoms with Crippen molar-refractivity contribution in [2.24, 2.45) is 0 Å². The van der Waals surface area contributed by atoms with Gasteiger partial charge in [0.1, 0.15) is 5.75 Å². The van der Waals surface area contributed by atoms with Crippen molar-refractivity contribution in [1.82, 2.24) is 5.32 Å². The highest BCUT2D eigenvalue weighted by Gasteiger charge is 2.17. The summed E-state index contributed by atoms with van der Waals surface area (Å²) in [7, 11) is 1.45. The molecule has 0 spiro atoms. The van der Waals surface area contributed by atoms with Gasteiger partial charge in [0.15, 0.2) is 0 Å². The Balaban J connectivity index is 2.66. The zero-order valence-electron chi connectivity index (χ0n) is 9.80. The Hall–Kier alpha value is -2.04. The summed E-state index contributed by atoms with van der Waals surface area (Å²) in [6.45, 7) is 2.11. The minimum absolute atomic E-state index is 0.239. The molecule has 1 aromatic carbocycles. The molecule has 1 aromatic rings. The van der Waals surface area contributed by atoms with Crippen LogP contribution in [-0.2, 0) is 4.74 Å². The Labute approximate surface area is 99.7 Å². The summed E-state index contributed by atoms with van der Waals surface area (Å²) in [5.74, 6) is -0.284. The van der Waals surface area contributed by atoms with Crippen LogP contribution in [0.5, 0.6) is 5.75 Å². The number of ether oxygens (including phenoxy) is 2. The largest absolute Gasteiger partial charge is 0.496 e. The fraction of sp³-hybridized carbons (Fsp3) is 0.333. The number of hydrogen-bond donors (Lipinski definition) is 0. The summed E-state index contributed by atoms with van der Waals surface area (Å²) in [5, 5.41) is 3.31. The second-order valence-corrected chi connectivity index (χ2v) is 3.23. The molecule has 5 heteroatoms. The zero-order chi connectivity index (χ0) is 12.7. The van der Waals surface area contributed by atoms with Crippen molar-refractivity contribution in [3.8, 4) is 5.75 Å². The Kier molecular flexibility index (Phi) is 5.00. The third-order valence-electron chi connectivity index (χ3n) is 1.96. The molecule has 0 fully saturated rings. The fourth-order valence-electron chi connectivity index (χ4n) is 1.19. The zero-order valence-corrected chi connectivity index (χ0v) is 9.80. The first kappa shape index (κ1) is 13.0. The van der Waals surface area contributed by atoms with Crippen LogP contribution in [0.1, 0.15) is 23.7 Å². The number of nitrogens with zero attached hydrogens (tertiary/aromatic N) is 1. The number of carbonyl (C=O) groups is 2. The molecule has 2 amide bonds. The quantitative estimate of drug-likeness (QED) is 0.801. The SMILES string of the molecule is CCCOC(=O)[N]C(=O)c1ccccc1OC. The first-order chi connectivity index (χ1) is 8.19. The normalized spacial score (nSPS) is 9.53. The summed E-state index contributed by atoms with van der Waals surface area (Å²) >= 11 is 0. The van der Waals surface area contributed by atoms with Crippen molar-refractivity contribution in [3.05, 3.63) is 29.8 Å². The second kappa shape index (κ2) is 6.52. The van der Waals surface area contributed by atoms with Crippen LogP contribution in [0, 0.1) is 0 Å². The molecule has 0 N–H and O–H groups in total. The number of carbonyl (C=O) groups excluding carboxylic acids is 2. The Morgan fingerprint density at radius 2 is 2.00 bits per heavy atom. The van der Waals surface area contributed by atoms with Crippen molar-refractivity contribution in [2.75, 3.05) is 13.7 Å². The first-order valence-corrected chi connectivity index (χ1v) is 5.25. The number of benzene rings is 1. The van der Waals surface area contributed by atoms with E-state index in [0.29, 0.717) is 12.2 Å². The molecule has 0 aliphatic heterocycles. The van der Waals surface area contributed by atoms with E-state index in [0.717, 1.165) is 0 Å². The summed E-state index contributed by atoms with van der Waals surface area (Å²) in [6.07, 6.45) is -0.188. The minimum atomic E-state index is -0.872. The highest BCUT2D eigenvalue weighted by atomic mass is 16.5. The highest BCUT2D eigenvalue weighted by molar-refractivity contribution is 6.04. The number of methoxy groups -OCH3 is 1. The van der Waals surface area contributed by atoms with Gasteiger partial charge >= 0.3 is 6.09 Å². The number of amides is 2. The van der Waals surface area contributed by atoms with E-state index in [1.54, 1.807) is 18.2 Å². The van der Waals surface area contributed by atoms with Gasteiger partial charge in [-0.2, -0.15) is 0 Å². The van der Waals surface area contributed by atoms with Crippen LogP contribution in [0.2, 0.25) is 0 Å². The van der Waals surface area contributed by atoms with Crippen LogP contribution >= 0.6 is 0 Å². The van der Waals surface area contributed by atoms with E-state index in [1.165, 1.54) is 13.2 Å². The van der Waals surface area contributed by atoms with Crippen LogP contribution in [0.15, 0.2) is 24.3 Å². The van der Waals surface area contributed by atoms with E-state index in [4.69, 9.17) is 4.74 Å². The Morgan fingerprint density at radius 1 is 1.29 bits per heavy atom. The third kappa shape index (κ3) is 3.79.